The Balaban J connectivity index is 1.67. The molecule has 0 bridgehead atoms. The molecule has 0 aliphatic heterocycles. The maximum atomic E-state index is 11.9. The molecule has 2 aromatic rings. The van der Waals surface area contributed by atoms with Crippen molar-refractivity contribution in [2.45, 2.75) is 13.0 Å². The fourth-order valence-electron chi connectivity index (χ4n) is 2.11. The average Bonchev–Trinajstić information content (AvgIpc) is 2.55. The summed E-state index contributed by atoms with van der Waals surface area (Å²) in [6.07, 6.45) is 0. The lowest BCUT2D eigenvalue weighted by molar-refractivity contribution is -0.126. The van der Waals surface area contributed by atoms with Gasteiger partial charge in [-0.1, -0.05) is 47.5 Å². The third-order valence-corrected chi connectivity index (χ3v) is 3.84. The van der Waals surface area contributed by atoms with Crippen molar-refractivity contribution in [1.29, 1.82) is 0 Å². The van der Waals surface area contributed by atoms with Gasteiger partial charge < -0.3 is 14.8 Å². The quantitative estimate of drug-likeness (QED) is 0.708. The molecule has 6 heteroatoms. The molecule has 0 spiro atoms. The Morgan fingerprint density at radius 2 is 1.88 bits per heavy atom. The van der Waals surface area contributed by atoms with E-state index in [0.29, 0.717) is 23.3 Å². The second-order valence-corrected chi connectivity index (χ2v) is 6.01. The molecule has 0 fully saturated rings. The summed E-state index contributed by atoms with van der Waals surface area (Å²) in [6.45, 7) is 2.54. The molecule has 24 heavy (non-hydrogen) atoms. The van der Waals surface area contributed by atoms with Crippen LogP contribution in [0.25, 0.3) is 0 Å². The topological polar surface area (TPSA) is 47.6 Å². The van der Waals surface area contributed by atoms with E-state index in [0.717, 1.165) is 11.3 Å². The second-order valence-electron chi connectivity index (χ2n) is 5.17. The Hall–Kier alpha value is -1.75. The molecule has 0 heterocycles. The Bertz CT molecular complexity index is 665. The van der Waals surface area contributed by atoms with Crippen molar-refractivity contribution in [3.63, 3.8) is 0 Å². The number of benzene rings is 2. The lowest BCUT2D eigenvalue weighted by Gasteiger charge is -2.16. The number of hydrogen-bond donors (Lipinski definition) is 1. The molecular formula is C18H19Cl2NO3. The molecule has 0 saturated heterocycles. The van der Waals surface area contributed by atoms with Crippen molar-refractivity contribution in [3.05, 3.63) is 64.1 Å². The zero-order chi connectivity index (χ0) is 17.4. The Kier molecular flexibility index (Phi) is 7.37. The van der Waals surface area contributed by atoms with Gasteiger partial charge in [0.25, 0.3) is 0 Å². The SMILES string of the molecule is CC(NC(=O)COCCOc1ccccc1)c1ccc(Cl)cc1Cl. The van der Waals surface area contributed by atoms with E-state index >= 15 is 0 Å². The van der Waals surface area contributed by atoms with Gasteiger partial charge in [-0.25, -0.2) is 0 Å². The van der Waals surface area contributed by atoms with Crippen LogP contribution in [0.4, 0.5) is 0 Å². The molecular weight excluding hydrogens is 349 g/mol. The van der Waals surface area contributed by atoms with E-state index in [1.165, 1.54) is 0 Å². The van der Waals surface area contributed by atoms with Crippen molar-refractivity contribution in [2.24, 2.45) is 0 Å². The summed E-state index contributed by atoms with van der Waals surface area (Å²) in [7, 11) is 0. The first kappa shape index (κ1) is 18.6. The van der Waals surface area contributed by atoms with Gasteiger partial charge >= 0.3 is 0 Å². The highest BCUT2D eigenvalue weighted by Crippen LogP contribution is 2.25. The van der Waals surface area contributed by atoms with Crippen LogP contribution in [0.1, 0.15) is 18.5 Å². The molecule has 4 nitrogen and oxygen atoms in total. The van der Waals surface area contributed by atoms with Crippen LogP contribution in [-0.2, 0) is 9.53 Å². The number of halogens is 2. The average molecular weight is 368 g/mol. The van der Waals surface area contributed by atoms with Gasteiger partial charge in [-0.05, 0) is 36.8 Å². The van der Waals surface area contributed by atoms with Crippen LogP contribution in [0.5, 0.6) is 5.75 Å². The van der Waals surface area contributed by atoms with Gasteiger partial charge in [0.2, 0.25) is 5.91 Å². The van der Waals surface area contributed by atoms with Crippen LogP contribution in [0.3, 0.4) is 0 Å². The summed E-state index contributed by atoms with van der Waals surface area (Å²) < 4.78 is 10.8. The van der Waals surface area contributed by atoms with Gasteiger partial charge in [0, 0.05) is 10.0 Å². The van der Waals surface area contributed by atoms with Crippen LogP contribution in [0.15, 0.2) is 48.5 Å². The Labute approximate surface area is 151 Å². The highest BCUT2D eigenvalue weighted by atomic mass is 35.5. The molecule has 0 radical (unpaired) electrons. The molecule has 128 valence electrons. The van der Waals surface area contributed by atoms with Crippen LogP contribution >= 0.6 is 23.2 Å². The summed E-state index contributed by atoms with van der Waals surface area (Å²) in [5.41, 5.74) is 0.807. The number of ether oxygens (including phenoxy) is 2. The Morgan fingerprint density at radius 1 is 1.12 bits per heavy atom. The maximum Gasteiger partial charge on any atom is 0.246 e. The van der Waals surface area contributed by atoms with Gasteiger partial charge in [0.05, 0.1) is 12.6 Å². The molecule has 1 N–H and O–H groups in total. The molecule has 1 unspecified atom stereocenters. The monoisotopic (exact) mass is 367 g/mol. The van der Waals surface area contributed by atoms with Gasteiger partial charge in [-0.2, -0.15) is 0 Å². The highest BCUT2D eigenvalue weighted by Gasteiger charge is 2.13. The number of rotatable bonds is 8. The van der Waals surface area contributed by atoms with Crippen molar-refractivity contribution in [3.8, 4) is 5.75 Å². The number of amides is 1. The molecule has 1 atom stereocenters. The van der Waals surface area contributed by atoms with E-state index in [1.807, 2.05) is 37.3 Å². The number of carbonyl (C=O) groups is 1. The van der Waals surface area contributed by atoms with Crippen LogP contribution in [-0.4, -0.2) is 25.7 Å². The number of hydrogen-bond acceptors (Lipinski definition) is 3. The first-order chi connectivity index (χ1) is 11.6. The molecule has 2 rings (SSSR count). The van der Waals surface area contributed by atoms with E-state index in [2.05, 4.69) is 5.32 Å². The molecule has 0 aromatic heterocycles. The largest absolute Gasteiger partial charge is 0.491 e. The van der Waals surface area contributed by atoms with E-state index in [4.69, 9.17) is 32.7 Å². The standard InChI is InChI=1S/C18H19Cl2NO3/c1-13(16-8-7-14(19)11-17(16)20)21-18(22)12-23-9-10-24-15-5-3-2-4-6-15/h2-8,11,13H,9-10,12H2,1H3,(H,21,22). The summed E-state index contributed by atoms with van der Waals surface area (Å²) in [4.78, 5) is 11.9. The molecule has 0 saturated carbocycles. The minimum absolute atomic E-state index is 0.0340. The number of para-hydroxylation sites is 1. The zero-order valence-corrected chi connectivity index (χ0v) is 14.8. The van der Waals surface area contributed by atoms with Crippen molar-refractivity contribution in [2.75, 3.05) is 19.8 Å². The van der Waals surface area contributed by atoms with Crippen molar-refractivity contribution >= 4 is 29.1 Å². The number of carbonyl (C=O) groups excluding carboxylic acids is 1. The van der Waals surface area contributed by atoms with E-state index < -0.39 is 0 Å². The fraction of sp³-hybridized carbons (Fsp3) is 0.278. The summed E-state index contributed by atoms with van der Waals surface area (Å²) in [5, 5.41) is 3.91. The lowest BCUT2D eigenvalue weighted by atomic mass is 10.1. The Morgan fingerprint density at radius 3 is 2.58 bits per heavy atom. The zero-order valence-electron chi connectivity index (χ0n) is 13.3. The van der Waals surface area contributed by atoms with Crippen molar-refractivity contribution < 1.29 is 14.3 Å². The van der Waals surface area contributed by atoms with Crippen LogP contribution in [0.2, 0.25) is 10.0 Å². The van der Waals surface area contributed by atoms with Gasteiger partial charge in [-0.15, -0.1) is 0 Å². The molecule has 1 amide bonds. The van der Waals surface area contributed by atoms with Gasteiger partial charge in [0.1, 0.15) is 19.0 Å². The summed E-state index contributed by atoms with van der Waals surface area (Å²) in [6, 6.07) is 14.4. The minimum Gasteiger partial charge on any atom is -0.491 e. The van der Waals surface area contributed by atoms with E-state index in [9.17, 15) is 4.79 Å². The second kappa shape index (κ2) is 9.52. The maximum absolute atomic E-state index is 11.9. The predicted molar refractivity (Wildman–Crippen MR) is 95.8 cm³/mol. The van der Waals surface area contributed by atoms with E-state index in [1.54, 1.807) is 18.2 Å². The van der Waals surface area contributed by atoms with Gasteiger partial charge in [-0.3, -0.25) is 4.79 Å². The lowest BCUT2D eigenvalue weighted by Crippen LogP contribution is -2.30. The normalized spacial score (nSPS) is 11.8. The smallest absolute Gasteiger partial charge is 0.246 e. The molecule has 0 aliphatic carbocycles. The third kappa shape index (κ3) is 6.04. The molecule has 2 aromatic carbocycles. The first-order valence-corrected chi connectivity index (χ1v) is 8.32. The minimum atomic E-state index is -0.230. The first-order valence-electron chi connectivity index (χ1n) is 7.56. The van der Waals surface area contributed by atoms with Gasteiger partial charge in [0.15, 0.2) is 0 Å². The van der Waals surface area contributed by atoms with Crippen LogP contribution in [0, 0.1) is 0 Å². The third-order valence-electron chi connectivity index (χ3n) is 3.28. The summed E-state index contributed by atoms with van der Waals surface area (Å²) in [5.74, 6) is 0.560. The van der Waals surface area contributed by atoms with Crippen molar-refractivity contribution in [1.82, 2.24) is 5.32 Å². The number of nitrogens with one attached hydrogen (secondary N) is 1. The predicted octanol–water partition coefficient (Wildman–Crippen LogP) is 4.27. The highest BCUT2D eigenvalue weighted by molar-refractivity contribution is 6.35. The summed E-state index contributed by atoms with van der Waals surface area (Å²) >= 11 is 12.0. The van der Waals surface area contributed by atoms with E-state index in [-0.39, 0.29) is 18.6 Å². The fourth-order valence-corrected chi connectivity index (χ4v) is 2.69. The molecule has 0 aliphatic rings. The van der Waals surface area contributed by atoms with Crippen LogP contribution < -0.4 is 10.1 Å².